The summed E-state index contributed by atoms with van der Waals surface area (Å²) in [5, 5.41) is 15.3. The van der Waals surface area contributed by atoms with Gasteiger partial charge in [-0.05, 0) is 19.2 Å². The molecule has 0 bridgehead atoms. The first kappa shape index (κ1) is 18.3. The molecule has 1 aliphatic heterocycles. The van der Waals surface area contributed by atoms with Crippen LogP contribution < -0.4 is 0 Å². The van der Waals surface area contributed by atoms with Crippen LogP contribution in [0, 0.1) is 5.82 Å². The zero-order chi connectivity index (χ0) is 16.7. The summed E-state index contributed by atoms with van der Waals surface area (Å²) in [6.07, 6.45) is 0. The predicted molar refractivity (Wildman–Crippen MR) is 79.5 cm³/mol. The van der Waals surface area contributed by atoms with E-state index in [1.807, 2.05) is 0 Å². The molecule has 1 saturated heterocycles. The zero-order valence-electron chi connectivity index (χ0n) is 12.1. The number of piperazine rings is 1. The lowest BCUT2D eigenvalue weighted by Gasteiger charge is -2.32. The van der Waals surface area contributed by atoms with Crippen molar-refractivity contribution in [2.24, 2.45) is 0 Å². The van der Waals surface area contributed by atoms with Crippen molar-refractivity contribution < 1.29 is 24.2 Å². The Balaban J connectivity index is 0.000000346. The van der Waals surface area contributed by atoms with Gasteiger partial charge in [0.25, 0.3) is 0 Å². The van der Waals surface area contributed by atoms with Gasteiger partial charge in [0.05, 0.1) is 0 Å². The molecule has 1 aliphatic rings. The molecule has 1 aromatic carbocycles. The van der Waals surface area contributed by atoms with Gasteiger partial charge in [-0.3, -0.25) is 4.90 Å². The van der Waals surface area contributed by atoms with Crippen molar-refractivity contribution in [1.29, 1.82) is 0 Å². The fourth-order valence-electron chi connectivity index (χ4n) is 1.91. The minimum atomic E-state index is -1.82. The lowest BCUT2D eigenvalue weighted by molar-refractivity contribution is -0.159. The lowest BCUT2D eigenvalue weighted by Crippen LogP contribution is -2.44. The molecule has 0 aromatic heterocycles. The third-order valence-corrected chi connectivity index (χ3v) is 3.58. The van der Waals surface area contributed by atoms with Crippen LogP contribution in [0.5, 0.6) is 0 Å². The first-order chi connectivity index (χ1) is 10.3. The number of nitrogens with zero attached hydrogens (tertiary/aromatic N) is 2. The SMILES string of the molecule is CN1CCN(Cc2c(F)cccc2Cl)CC1.O=C(O)C(=O)O. The molecule has 0 radical (unpaired) electrons. The number of carbonyl (C=O) groups is 2. The zero-order valence-corrected chi connectivity index (χ0v) is 12.9. The molecule has 0 unspecified atom stereocenters. The van der Waals surface area contributed by atoms with E-state index in [-0.39, 0.29) is 5.82 Å². The third kappa shape index (κ3) is 5.97. The average Bonchev–Trinajstić information content (AvgIpc) is 2.45. The second-order valence-corrected chi connectivity index (χ2v) is 5.30. The number of rotatable bonds is 2. The second kappa shape index (κ2) is 8.67. The van der Waals surface area contributed by atoms with Gasteiger partial charge in [-0.1, -0.05) is 17.7 Å². The Bertz CT molecular complexity index is 501. The Kier molecular flexibility index (Phi) is 7.23. The first-order valence-electron chi connectivity index (χ1n) is 6.61. The van der Waals surface area contributed by atoms with Crippen molar-refractivity contribution in [3.63, 3.8) is 0 Å². The molecule has 8 heteroatoms. The number of hydrogen-bond donors (Lipinski definition) is 2. The van der Waals surface area contributed by atoms with E-state index in [4.69, 9.17) is 31.4 Å². The summed E-state index contributed by atoms with van der Waals surface area (Å²) in [4.78, 5) is 22.7. The van der Waals surface area contributed by atoms with Crippen LogP contribution >= 0.6 is 11.6 Å². The van der Waals surface area contributed by atoms with Gasteiger partial charge in [-0.2, -0.15) is 0 Å². The lowest BCUT2D eigenvalue weighted by atomic mass is 10.2. The maximum Gasteiger partial charge on any atom is 0.414 e. The molecule has 6 nitrogen and oxygen atoms in total. The van der Waals surface area contributed by atoms with Gasteiger partial charge in [-0.15, -0.1) is 0 Å². The third-order valence-electron chi connectivity index (χ3n) is 3.22. The van der Waals surface area contributed by atoms with Crippen LogP contribution in [0.15, 0.2) is 18.2 Å². The monoisotopic (exact) mass is 332 g/mol. The molecular weight excluding hydrogens is 315 g/mol. The summed E-state index contributed by atoms with van der Waals surface area (Å²) in [6, 6.07) is 4.86. The normalized spacial score (nSPS) is 15.8. The highest BCUT2D eigenvalue weighted by Crippen LogP contribution is 2.21. The summed E-state index contributed by atoms with van der Waals surface area (Å²) in [7, 11) is 2.10. The number of likely N-dealkylation sites (N-methyl/N-ethyl adjacent to an activating group) is 1. The summed E-state index contributed by atoms with van der Waals surface area (Å²) >= 11 is 6.00. The molecular formula is C14H18ClFN2O4. The van der Waals surface area contributed by atoms with E-state index in [1.165, 1.54) is 6.07 Å². The van der Waals surface area contributed by atoms with Crippen molar-refractivity contribution >= 4 is 23.5 Å². The number of hydrogen-bond acceptors (Lipinski definition) is 4. The predicted octanol–water partition coefficient (Wildman–Crippen LogP) is 1.38. The standard InChI is InChI=1S/C12H16ClFN2.C2H2O4/c1-15-5-7-16(8-6-15)9-10-11(13)3-2-4-12(10)14;3-1(4)2(5)6/h2-4H,5-9H2,1H3;(H,3,4)(H,5,6). The molecule has 1 aromatic rings. The van der Waals surface area contributed by atoms with Crippen LogP contribution in [0.4, 0.5) is 4.39 Å². The summed E-state index contributed by atoms with van der Waals surface area (Å²) < 4.78 is 13.6. The maximum absolute atomic E-state index is 13.6. The minimum Gasteiger partial charge on any atom is -0.473 e. The van der Waals surface area contributed by atoms with Crippen molar-refractivity contribution in [2.75, 3.05) is 33.2 Å². The van der Waals surface area contributed by atoms with Gasteiger partial charge in [0.2, 0.25) is 0 Å². The van der Waals surface area contributed by atoms with Gasteiger partial charge in [0.1, 0.15) is 5.82 Å². The Morgan fingerprint density at radius 1 is 1.18 bits per heavy atom. The number of benzene rings is 1. The fourth-order valence-corrected chi connectivity index (χ4v) is 2.14. The topological polar surface area (TPSA) is 81.1 Å². The van der Waals surface area contributed by atoms with E-state index in [0.29, 0.717) is 17.1 Å². The Morgan fingerprint density at radius 3 is 2.18 bits per heavy atom. The van der Waals surface area contributed by atoms with E-state index >= 15 is 0 Å². The van der Waals surface area contributed by atoms with Crippen LogP contribution in [0.1, 0.15) is 5.56 Å². The number of halogens is 2. The molecule has 1 heterocycles. The van der Waals surface area contributed by atoms with Crippen LogP contribution in [0.2, 0.25) is 5.02 Å². The van der Waals surface area contributed by atoms with Crippen molar-refractivity contribution in [3.8, 4) is 0 Å². The van der Waals surface area contributed by atoms with Crippen molar-refractivity contribution in [3.05, 3.63) is 34.6 Å². The highest BCUT2D eigenvalue weighted by molar-refractivity contribution is 6.31. The Morgan fingerprint density at radius 2 is 1.73 bits per heavy atom. The molecule has 22 heavy (non-hydrogen) atoms. The average molecular weight is 333 g/mol. The van der Waals surface area contributed by atoms with E-state index in [2.05, 4.69) is 16.8 Å². The molecule has 1 fully saturated rings. The van der Waals surface area contributed by atoms with Gasteiger partial charge >= 0.3 is 11.9 Å². The Hall–Kier alpha value is -1.70. The number of aliphatic carboxylic acids is 2. The smallest absolute Gasteiger partial charge is 0.414 e. The van der Waals surface area contributed by atoms with Crippen LogP contribution in [0.3, 0.4) is 0 Å². The van der Waals surface area contributed by atoms with Crippen molar-refractivity contribution in [2.45, 2.75) is 6.54 Å². The summed E-state index contributed by atoms with van der Waals surface area (Å²) in [6.45, 7) is 4.62. The van der Waals surface area contributed by atoms with Gasteiger partial charge in [0, 0.05) is 43.3 Å². The van der Waals surface area contributed by atoms with E-state index in [9.17, 15) is 4.39 Å². The number of carboxylic acid groups (broad SMARTS) is 2. The summed E-state index contributed by atoms with van der Waals surface area (Å²) in [5.41, 5.74) is 0.619. The molecule has 0 aliphatic carbocycles. The van der Waals surface area contributed by atoms with Gasteiger partial charge in [-0.25, -0.2) is 14.0 Å². The van der Waals surface area contributed by atoms with Gasteiger partial charge < -0.3 is 15.1 Å². The van der Waals surface area contributed by atoms with Crippen LogP contribution in [-0.2, 0) is 16.1 Å². The molecule has 0 saturated carbocycles. The second-order valence-electron chi connectivity index (χ2n) is 4.89. The molecule has 122 valence electrons. The first-order valence-corrected chi connectivity index (χ1v) is 6.99. The highest BCUT2D eigenvalue weighted by atomic mass is 35.5. The fraction of sp³-hybridized carbons (Fsp3) is 0.429. The van der Waals surface area contributed by atoms with E-state index in [0.717, 1.165) is 26.2 Å². The van der Waals surface area contributed by atoms with Crippen molar-refractivity contribution in [1.82, 2.24) is 9.80 Å². The largest absolute Gasteiger partial charge is 0.473 e. The quantitative estimate of drug-likeness (QED) is 0.796. The molecule has 2 rings (SSSR count). The van der Waals surface area contributed by atoms with Crippen LogP contribution in [0.25, 0.3) is 0 Å². The number of carboxylic acids is 2. The van der Waals surface area contributed by atoms with E-state index < -0.39 is 11.9 Å². The molecule has 2 N–H and O–H groups in total. The molecule has 0 atom stereocenters. The summed E-state index contributed by atoms with van der Waals surface area (Å²) in [5.74, 6) is -3.85. The molecule has 0 spiro atoms. The Labute approximate surface area is 132 Å². The molecule has 0 amide bonds. The van der Waals surface area contributed by atoms with Gasteiger partial charge in [0.15, 0.2) is 0 Å². The van der Waals surface area contributed by atoms with Crippen LogP contribution in [-0.4, -0.2) is 65.2 Å². The minimum absolute atomic E-state index is 0.202. The van der Waals surface area contributed by atoms with E-state index in [1.54, 1.807) is 12.1 Å². The maximum atomic E-state index is 13.6. The highest BCUT2D eigenvalue weighted by Gasteiger charge is 2.16.